The molecular weight excluding hydrogens is 430 g/mol. The molecule has 0 radical (unpaired) electrons. The minimum Gasteiger partial charge on any atom is -0.147 e. The third-order valence-corrected chi connectivity index (χ3v) is 22.9. The number of halogens is 3. The van der Waals surface area contributed by atoms with E-state index < -0.39 is 17.4 Å². The van der Waals surface area contributed by atoms with E-state index >= 15 is 0 Å². The fourth-order valence-electron chi connectivity index (χ4n) is 3.98. The van der Waals surface area contributed by atoms with Gasteiger partial charge in [-0.15, -0.1) is 24.8 Å². The van der Waals surface area contributed by atoms with Crippen LogP contribution in [0.3, 0.4) is 0 Å². The van der Waals surface area contributed by atoms with E-state index in [0.29, 0.717) is 3.63 Å². The Bertz CT molecular complexity index is 753. The van der Waals surface area contributed by atoms with Gasteiger partial charge >= 0.3 is 130 Å². The summed E-state index contributed by atoms with van der Waals surface area (Å²) in [5.41, 5.74) is 4.24. The Morgan fingerprint density at radius 1 is 1.23 bits per heavy atom. The van der Waals surface area contributed by atoms with Gasteiger partial charge in [-0.1, -0.05) is 0 Å². The predicted octanol–water partition coefficient (Wildman–Crippen LogP) is 5.82. The molecule has 0 aliphatic heterocycles. The quantitative estimate of drug-likeness (QED) is 0.496. The molecule has 2 aliphatic rings. The Hall–Kier alpha value is 0.410. The third kappa shape index (κ3) is 3.15. The zero-order chi connectivity index (χ0) is 14.6. The molecule has 0 heterocycles. The standard InChI is InChI=1S/C10H8Cl.C5H5.2CH3.2ClH.H2Si.Zr/c1-7-5-8-3-2-4-10(11)9(8)6-7;1-2-4-5-3-1;;;;;;/h2-6H,1H3;1-3H,4H2;2*1H3;2*1H;1H2;. The van der Waals surface area contributed by atoms with Crippen LogP contribution in [-0.2, 0) is 17.4 Å². The van der Waals surface area contributed by atoms with E-state index in [1.165, 1.54) is 16.7 Å². The van der Waals surface area contributed by atoms with E-state index in [4.69, 9.17) is 11.6 Å². The summed E-state index contributed by atoms with van der Waals surface area (Å²) in [5.74, 6) is 0. The third-order valence-electron chi connectivity index (χ3n) is 4.98. The van der Waals surface area contributed by atoms with Gasteiger partial charge in [0.15, 0.2) is 0 Å². The van der Waals surface area contributed by atoms with Gasteiger partial charge in [0, 0.05) is 0 Å². The van der Waals surface area contributed by atoms with E-state index in [1.54, 1.807) is 3.28 Å². The Morgan fingerprint density at radius 3 is 2.50 bits per heavy atom. The van der Waals surface area contributed by atoms with Crippen molar-refractivity contribution >= 4 is 49.4 Å². The van der Waals surface area contributed by atoms with E-state index in [0.717, 1.165) is 11.4 Å². The Labute approximate surface area is 153 Å². The first kappa shape index (κ1) is 20.5. The topological polar surface area (TPSA) is 0 Å². The van der Waals surface area contributed by atoms with Crippen molar-refractivity contribution in [2.24, 2.45) is 0 Å². The summed E-state index contributed by atoms with van der Waals surface area (Å²) in [5, 5.41) is 0.900. The zero-order valence-electron chi connectivity index (χ0n) is 13.2. The summed E-state index contributed by atoms with van der Waals surface area (Å²) in [7, 11) is 0. The molecule has 3 rings (SSSR count). The fourth-order valence-corrected chi connectivity index (χ4v) is 20.3. The minimum absolute atomic E-state index is 0. The van der Waals surface area contributed by atoms with Crippen LogP contribution in [0, 0.1) is 0 Å². The molecule has 0 nitrogen and oxygen atoms in total. The van der Waals surface area contributed by atoms with Gasteiger partial charge in [-0.25, -0.2) is 0 Å². The maximum Gasteiger partial charge on any atom is -0.147 e. The first-order valence-corrected chi connectivity index (χ1v) is 21.1. The van der Waals surface area contributed by atoms with Crippen molar-refractivity contribution in [2.75, 3.05) is 0 Å². The van der Waals surface area contributed by atoms with Crippen LogP contribution >= 0.6 is 36.4 Å². The van der Waals surface area contributed by atoms with Crippen LogP contribution in [0.15, 0.2) is 45.3 Å². The summed E-state index contributed by atoms with van der Waals surface area (Å²) in [6.45, 7) is 4.62. The maximum atomic E-state index is 6.41. The summed E-state index contributed by atoms with van der Waals surface area (Å²) < 4.78 is 7.51. The SMILES string of the molecule is CC1=Cc2c(Cl)cccc2[CH]1[Zr]([CH3])([CH3])(=[SiH2])[C]1=CC=CC1.Cl.Cl. The summed E-state index contributed by atoms with van der Waals surface area (Å²) >= 11 is 3.43. The molecule has 1 aromatic carbocycles. The molecule has 22 heavy (non-hydrogen) atoms. The molecule has 1 aromatic rings. The van der Waals surface area contributed by atoms with E-state index in [-0.39, 0.29) is 24.8 Å². The number of rotatable bonds is 2. The molecule has 0 aromatic heterocycles. The zero-order valence-corrected chi connectivity index (χ0v) is 19.5. The molecule has 0 saturated heterocycles. The number of fused-ring (bicyclic) bond motifs is 1. The first-order chi connectivity index (χ1) is 9.30. The van der Waals surface area contributed by atoms with Crippen LogP contribution in [0.1, 0.15) is 28.1 Å². The number of allylic oxidation sites excluding steroid dienone is 5. The second-order valence-corrected chi connectivity index (χ2v) is 37.3. The molecule has 0 spiro atoms. The van der Waals surface area contributed by atoms with E-state index in [2.05, 4.69) is 59.5 Å². The average molecular weight is 453 g/mol. The second-order valence-electron chi connectivity index (χ2n) is 7.20. The van der Waals surface area contributed by atoms with Gasteiger partial charge in [-0.3, -0.25) is 0 Å². The number of hydrogen-bond acceptors (Lipinski definition) is 0. The molecule has 0 bridgehead atoms. The number of hydrogen-bond donors (Lipinski definition) is 0. The summed E-state index contributed by atoms with van der Waals surface area (Å²) in [6, 6.07) is 6.41. The molecule has 1 atom stereocenters. The Kier molecular flexibility index (Phi) is 6.26. The minimum atomic E-state index is -2.98. The van der Waals surface area contributed by atoms with Gasteiger partial charge in [-0.2, -0.15) is 0 Å². The normalized spacial score (nSPS) is 19.8. The van der Waals surface area contributed by atoms with Gasteiger partial charge in [0.05, 0.1) is 0 Å². The van der Waals surface area contributed by atoms with Crippen molar-refractivity contribution in [3.05, 3.63) is 61.4 Å². The maximum absolute atomic E-state index is 6.41. The molecule has 120 valence electrons. The van der Waals surface area contributed by atoms with Crippen molar-refractivity contribution in [3.63, 3.8) is 0 Å². The van der Waals surface area contributed by atoms with E-state index in [9.17, 15) is 0 Å². The number of benzene rings is 1. The van der Waals surface area contributed by atoms with Crippen LogP contribution in [0.2, 0.25) is 14.3 Å². The largest absolute Gasteiger partial charge is 0.147 e. The molecule has 0 fully saturated rings. The molecule has 2 aliphatic carbocycles. The van der Waals surface area contributed by atoms with Crippen LogP contribution in [0.4, 0.5) is 0 Å². The molecule has 1 unspecified atom stereocenters. The molecule has 5 heteroatoms. The molecular formula is C17H23Cl3SiZr. The van der Waals surface area contributed by atoms with Crippen molar-refractivity contribution in [1.82, 2.24) is 0 Å². The van der Waals surface area contributed by atoms with Crippen molar-refractivity contribution in [1.29, 1.82) is 0 Å². The van der Waals surface area contributed by atoms with Gasteiger partial charge < -0.3 is 0 Å². The summed E-state index contributed by atoms with van der Waals surface area (Å²) in [4.78, 5) is 0. The van der Waals surface area contributed by atoms with Gasteiger partial charge in [0.25, 0.3) is 0 Å². The molecule has 0 amide bonds. The average Bonchev–Trinajstić information content (AvgIpc) is 2.95. The Morgan fingerprint density at radius 2 is 1.91 bits per heavy atom. The van der Waals surface area contributed by atoms with Crippen molar-refractivity contribution in [3.8, 4) is 0 Å². The van der Waals surface area contributed by atoms with Crippen molar-refractivity contribution in [2.45, 2.75) is 26.2 Å². The van der Waals surface area contributed by atoms with Crippen LogP contribution < -0.4 is 0 Å². The van der Waals surface area contributed by atoms with Crippen molar-refractivity contribution < 1.29 is 17.4 Å². The van der Waals surface area contributed by atoms with Gasteiger partial charge in [0.1, 0.15) is 0 Å². The smallest absolute Gasteiger partial charge is 0.147 e. The molecule has 0 saturated carbocycles. The van der Waals surface area contributed by atoms with Crippen LogP contribution in [-0.4, -0.2) is 6.88 Å². The van der Waals surface area contributed by atoms with E-state index in [1.807, 2.05) is 6.07 Å². The van der Waals surface area contributed by atoms with Gasteiger partial charge in [-0.05, 0) is 0 Å². The monoisotopic (exact) mass is 450 g/mol. The first-order valence-electron chi connectivity index (χ1n) is 7.20. The Balaban J connectivity index is 0.00000121. The van der Waals surface area contributed by atoms with Crippen LogP contribution in [0.5, 0.6) is 0 Å². The second kappa shape index (κ2) is 6.73. The van der Waals surface area contributed by atoms with Gasteiger partial charge in [0.2, 0.25) is 0 Å². The van der Waals surface area contributed by atoms with Crippen LogP contribution in [0.25, 0.3) is 6.08 Å². The molecule has 0 N–H and O–H groups in total. The predicted molar refractivity (Wildman–Crippen MR) is 104 cm³/mol. The summed E-state index contributed by atoms with van der Waals surface area (Å²) in [6.07, 6.45) is 10.4. The fraction of sp³-hybridized carbons (Fsp3) is 0.294.